The Morgan fingerprint density at radius 3 is 2.07 bits per heavy atom. The summed E-state index contributed by atoms with van der Waals surface area (Å²) in [6.45, 7) is 5.87. The molecule has 1 N–H and O–H groups in total. The van der Waals surface area contributed by atoms with Gasteiger partial charge in [0.1, 0.15) is 0 Å². The summed E-state index contributed by atoms with van der Waals surface area (Å²) in [5.41, 5.74) is 4.03. The lowest BCUT2D eigenvalue weighted by Gasteiger charge is -2.15. The predicted molar refractivity (Wildman–Crippen MR) is 117 cm³/mol. The van der Waals surface area contributed by atoms with E-state index in [4.69, 9.17) is 23.2 Å². The van der Waals surface area contributed by atoms with Gasteiger partial charge in [-0.1, -0.05) is 23.2 Å². The van der Waals surface area contributed by atoms with Gasteiger partial charge in [0.2, 0.25) is 0 Å². The third kappa shape index (κ3) is 3.54. The van der Waals surface area contributed by atoms with E-state index in [1.165, 1.54) is 6.92 Å². The third-order valence-corrected chi connectivity index (χ3v) is 5.77. The van der Waals surface area contributed by atoms with E-state index in [-0.39, 0.29) is 5.78 Å². The van der Waals surface area contributed by atoms with Gasteiger partial charge in [0.15, 0.2) is 5.78 Å². The molecule has 29 heavy (non-hydrogen) atoms. The molecule has 0 saturated carbocycles. The molecule has 0 amide bonds. The molecule has 5 nitrogen and oxygen atoms in total. The first-order valence-corrected chi connectivity index (χ1v) is 10.1. The maximum absolute atomic E-state index is 11.8. The zero-order valence-electron chi connectivity index (χ0n) is 16.4. The summed E-state index contributed by atoms with van der Waals surface area (Å²) in [5.74, 6) is -0.0168. The molecule has 0 spiro atoms. The molecule has 0 aliphatic rings. The van der Waals surface area contributed by atoms with Crippen LogP contribution in [0.2, 0.25) is 10.0 Å². The summed E-state index contributed by atoms with van der Waals surface area (Å²) >= 11 is 12.4. The van der Waals surface area contributed by atoms with E-state index in [9.17, 15) is 9.90 Å². The van der Waals surface area contributed by atoms with Crippen LogP contribution in [0.4, 0.5) is 0 Å². The highest BCUT2D eigenvalue weighted by molar-refractivity contribution is 6.33. The second-order valence-corrected chi connectivity index (χ2v) is 8.24. The van der Waals surface area contributed by atoms with E-state index in [0.717, 1.165) is 27.5 Å². The lowest BCUT2D eigenvalue weighted by atomic mass is 10.1. The Kier molecular flexibility index (Phi) is 5.15. The Bertz CT molecular complexity index is 1200. The minimum Gasteiger partial charge on any atom is -0.389 e. The van der Waals surface area contributed by atoms with Crippen molar-refractivity contribution in [1.82, 2.24) is 14.3 Å². The number of hydrogen-bond acceptors (Lipinski definition) is 3. The number of nitrogens with zero attached hydrogens (tertiary/aromatic N) is 3. The lowest BCUT2D eigenvalue weighted by Crippen LogP contribution is -2.23. The molecule has 2 aromatic heterocycles. The van der Waals surface area contributed by atoms with Gasteiger partial charge in [0.05, 0.1) is 30.5 Å². The van der Waals surface area contributed by atoms with E-state index in [1.807, 2.05) is 50.2 Å². The highest BCUT2D eigenvalue weighted by Crippen LogP contribution is 2.33. The monoisotopic (exact) mass is 429 g/mol. The number of carbonyl (C=O) groups is 1. The van der Waals surface area contributed by atoms with E-state index in [0.29, 0.717) is 34.4 Å². The molecule has 4 aromatic rings. The molecule has 150 valence electrons. The maximum atomic E-state index is 11.8. The van der Waals surface area contributed by atoms with Crippen molar-refractivity contribution in [3.05, 3.63) is 63.4 Å². The summed E-state index contributed by atoms with van der Waals surface area (Å²) in [5, 5.41) is 18.6. The highest BCUT2D eigenvalue weighted by Gasteiger charge is 2.19. The highest BCUT2D eigenvalue weighted by atomic mass is 35.5. The molecule has 0 fully saturated rings. The van der Waals surface area contributed by atoms with Crippen LogP contribution in [0.25, 0.3) is 21.8 Å². The summed E-state index contributed by atoms with van der Waals surface area (Å²) in [6.07, 6.45) is -0.696. The molecule has 4 rings (SSSR count). The molecular formula is C22H21Cl2N3O2. The van der Waals surface area contributed by atoms with Gasteiger partial charge < -0.3 is 9.67 Å². The molecule has 1 atom stereocenters. The van der Waals surface area contributed by atoms with Crippen molar-refractivity contribution in [3.63, 3.8) is 0 Å². The quantitative estimate of drug-likeness (QED) is 0.444. The number of fused-ring (bicyclic) bond motifs is 3. The zero-order valence-corrected chi connectivity index (χ0v) is 17.9. The largest absolute Gasteiger partial charge is 0.389 e. The van der Waals surface area contributed by atoms with Crippen molar-refractivity contribution < 1.29 is 9.90 Å². The molecule has 0 radical (unpaired) electrons. The molecule has 0 aliphatic heterocycles. The second kappa shape index (κ2) is 7.48. The number of halogens is 2. The minimum absolute atomic E-state index is 0.0168. The van der Waals surface area contributed by atoms with E-state index < -0.39 is 6.10 Å². The Morgan fingerprint density at radius 1 is 1.03 bits per heavy atom. The van der Waals surface area contributed by atoms with Crippen molar-refractivity contribution in [3.8, 4) is 0 Å². The number of ketones is 1. The summed E-state index contributed by atoms with van der Waals surface area (Å²) in [7, 11) is 0. The fourth-order valence-corrected chi connectivity index (χ4v) is 4.44. The van der Waals surface area contributed by atoms with Crippen LogP contribution in [0.5, 0.6) is 0 Å². The van der Waals surface area contributed by atoms with E-state index in [2.05, 4.69) is 9.67 Å². The Labute approximate surface area is 178 Å². The van der Waals surface area contributed by atoms with Gasteiger partial charge in [0, 0.05) is 37.5 Å². The first-order valence-electron chi connectivity index (χ1n) is 9.36. The Morgan fingerprint density at radius 2 is 1.59 bits per heavy atom. The summed E-state index contributed by atoms with van der Waals surface area (Å²) in [4.78, 5) is 11.8. The van der Waals surface area contributed by atoms with Crippen LogP contribution in [0.3, 0.4) is 0 Å². The number of rotatable bonds is 5. The average molecular weight is 430 g/mol. The standard InChI is InChI=1S/C22H21Cl2N3O2/c1-12-22(14(3)28)13(2)27(25-12)11-17(29)10-26-20-6-4-15(23)8-18(20)19-9-16(24)5-7-21(19)26/h4-9,17,29H,10-11H2,1-3H3/t17-/m0/s1. The van der Waals surface area contributed by atoms with Crippen LogP contribution in [-0.2, 0) is 13.1 Å². The fraction of sp³-hybridized carbons (Fsp3) is 0.273. The fourth-order valence-electron chi connectivity index (χ4n) is 4.10. The first kappa shape index (κ1) is 20.0. The van der Waals surface area contributed by atoms with Crippen LogP contribution in [-0.4, -0.2) is 31.3 Å². The Hall–Kier alpha value is -2.34. The Balaban J connectivity index is 1.72. The summed E-state index contributed by atoms with van der Waals surface area (Å²) in [6, 6.07) is 11.4. The van der Waals surface area contributed by atoms with Gasteiger partial charge >= 0.3 is 0 Å². The van der Waals surface area contributed by atoms with Gasteiger partial charge in [-0.15, -0.1) is 0 Å². The van der Waals surface area contributed by atoms with Crippen LogP contribution >= 0.6 is 23.2 Å². The molecule has 0 saturated heterocycles. The minimum atomic E-state index is -0.696. The number of aliphatic hydroxyl groups is 1. The molecule has 2 heterocycles. The normalized spacial score (nSPS) is 12.8. The molecule has 2 aromatic carbocycles. The molecule has 0 unspecified atom stereocenters. The average Bonchev–Trinajstić information content (AvgIpc) is 3.08. The predicted octanol–water partition coefficient (Wildman–Crippen LogP) is 5.18. The van der Waals surface area contributed by atoms with E-state index in [1.54, 1.807) is 4.68 Å². The topological polar surface area (TPSA) is 60.1 Å². The number of aromatic nitrogens is 3. The second-order valence-electron chi connectivity index (χ2n) is 7.37. The summed E-state index contributed by atoms with van der Waals surface area (Å²) < 4.78 is 3.78. The smallest absolute Gasteiger partial charge is 0.163 e. The van der Waals surface area contributed by atoms with Gasteiger partial charge in [-0.3, -0.25) is 9.48 Å². The van der Waals surface area contributed by atoms with Gasteiger partial charge in [-0.05, 0) is 57.2 Å². The number of hydrogen-bond donors (Lipinski definition) is 1. The van der Waals surface area contributed by atoms with Crippen molar-refractivity contribution in [1.29, 1.82) is 0 Å². The number of Topliss-reactive ketones (excluding diaryl/α,β-unsaturated/α-hetero) is 1. The van der Waals surface area contributed by atoms with Crippen molar-refractivity contribution in [2.45, 2.75) is 40.0 Å². The molecule has 7 heteroatoms. The number of carbonyl (C=O) groups excluding carboxylic acids is 1. The number of aliphatic hydroxyl groups excluding tert-OH is 1. The van der Waals surface area contributed by atoms with Crippen LogP contribution in [0, 0.1) is 13.8 Å². The van der Waals surface area contributed by atoms with Crippen LogP contribution < -0.4 is 0 Å². The van der Waals surface area contributed by atoms with E-state index >= 15 is 0 Å². The lowest BCUT2D eigenvalue weighted by molar-refractivity contribution is 0.101. The van der Waals surface area contributed by atoms with Crippen molar-refractivity contribution in [2.24, 2.45) is 0 Å². The van der Waals surface area contributed by atoms with Crippen LogP contribution in [0.1, 0.15) is 28.7 Å². The van der Waals surface area contributed by atoms with Gasteiger partial charge in [0.25, 0.3) is 0 Å². The van der Waals surface area contributed by atoms with Gasteiger partial charge in [-0.2, -0.15) is 5.10 Å². The van der Waals surface area contributed by atoms with Crippen molar-refractivity contribution >= 4 is 50.8 Å². The van der Waals surface area contributed by atoms with Crippen LogP contribution in [0.15, 0.2) is 36.4 Å². The third-order valence-electron chi connectivity index (χ3n) is 5.30. The van der Waals surface area contributed by atoms with Gasteiger partial charge in [-0.25, -0.2) is 0 Å². The molecule has 0 bridgehead atoms. The molecule has 0 aliphatic carbocycles. The first-order chi connectivity index (χ1) is 13.8. The number of benzene rings is 2. The zero-order chi connectivity index (χ0) is 20.9. The maximum Gasteiger partial charge on any atom is 0.163 e. The number of aryl methyl sites for hydroxylation is 1. The SMILES string of the molecule is CC(=O)c1c(C)nn(C[C@@H](O)Cn2c3ccc(Cl)cc3c3cc(Cl)ccc32)c1C. The molecular weight excluding hydrogens is 409 g/mol. The van der Waals surface area contributed by atoms with Crippen molar-refractivity contribution in [2.75, 3.05) is 0 Å².